The van der Waals surface area contributed by atoms with E-state index in [1.165, 1.54) is 12.1 Å². The van der Waals surface area contributed by atoms with Gasteiger partial charge in [-0.15, -0.1) is 5.06 Å². The standard InChI is InChI=1S/C8H4ClNO3/c9-5-3-1-2-4-6(5)8(12)10(13)7(4)11/h1-3,13H. The van der Waals surface area contributed by atoms with Crippen molar-refractivity contribution in [2.24, 2.45) is 0 Å². The fourth-order valence-corrected chi connectivity index (χ4v) is 1.49. The van der Waals surface area contributed by atoms with E-state index in [9.17, 15) is 9.59 Å². The summed E-state index contributed by atoms with van der Waals surface area (Å²) in [7, 11) is 0. The highest BCUT2D eigenvalue weighted by Crippen LogP contribution is 2.27. The molecule has 1 aromatic rings. The summed E-state index contributed by atoms with van der Waals surface area (Å²) in [6.45, 7) is 0. The van der Waals surface area contributed by atoms with Gasteiger partial charge in [0.1, 0.15) is 0 Å². The summed E-state index contributed by atoms with van der Waals surface area (Å²) in [5, 5.41) is 9.23. The fraction of sp³-hybridized carbons (Fsp3) is 0. The number of carbonyl (C=O) groups is 2. The average Bonchev–Trinajstić information content (AvgIpc) is 2.33. The van der Waals surface area contributed by atoms with E-state index in [1.54, 1.807) is 6.07 Å². The van der Waals surface area contributed by atoms with Crippen LogP contribution in [0.25, 0.3) is 0 Å². The van der Waals surface area contributed by atoms with Crippen LogP contribution in [0.2, 0.25) is 5.02 Å². The fourth-order valence-electron chi connectivity index (χ4n) is 1.23. The first-order valence-electron chi connectivity index (χ1n) is 3.49. The van der Waals surface area contributed by atoms with Crippen molar-refractivity contribution in [1.82, 2.24) is 5.06 Å². The lowest BCUT2D eigenvalue weighted by atomic mass is 10.1. The molecule has 66 valence electrons. The molecule has 13 heavy (non-hydrogen) atoms. The molecule has 0 aromatic heterocycles. The van der Waals surface area contributed by atoms with Gasteiger partial charge in [-0.05, 0) is 12.1 Å². The average molecular weight is 198 g/mol. The van der Waals surface area contributed by atoms with Crippen LogP contribution in [0, 0.1) is 0 Å². The summed E-state index contributed by atoms with van der Waals surface area (Å²) in [4.78, 5) is 22.4. The number of imide groups is 1. The Labute approximate surface area is 78.3 Å². The van der Waals surface area contributed by atoms with Crippen molar-refractivity contribution in [2.45, 2.75) is 0 Å². The summed E-state index contributed by atoms with van der Waals surface area (Å²) in [6, 6.07) is 4.48. The Morgan fingerprint density at radius 1 is 1.23 bits per heavy atom. The van der Waals surface area contributed by atoms with E-state index in [0.717, 1.165) is 0 Å². The van der Waals surface area contributed by atoms with Gasteiger partial charge in [0.15, 0.2) is 0 Å². The Bertz CT molecular complexity index is 416. The van der Waals surface area contributed by atoms with E-state index in [2.05, 4.69) is 0 Å². The summed E-state index contributed by atoms with van der Waals surface area (Å²) in [6.07, 6.45) is 0. The number of hydroxylamine groups is 2. The lowest BCUT2D eigenvalue weighted by molar-refractivity contribution is -0.0327. The molecule has 0 fully saturated rings. The van der Waals surface area contributed by atoms with Crippen LogP contribution < -0.4 is 0 Å². The molecule has 1 heterocycles. The first-order valence-corrected chi connectivity index (χ1v) is 3.87. The number of nitrogens with zero attached hydrogens (tertiary/aromatic N) is 1. The van der Waals surface area contributed by atoms with E-state index >= 15 is 0 Å². The quantitative estimate of drug-likeness (QED) is 0.504. The van der Waals surface area contributed by atoms with E-state index in [-0.39, 0.29) is 21.2 Å². The third-order valence-corrected chi connectivity index (χ3v) is 2.16. The minimum atomic E-state index is -0.773. The maximum atomic E-state index is 11.2. The highest BCUT2D eigenvalue weighted by atomic mass is 35.5. The Morgan fingerprint density at radius 3 is 2.54 bits per heavy atom. The predicted octanol–water partition coefficient (Wildman–Crippen LogP) is 1.33. The molecule has 2 amide bonds. The second-order valence-corrected chi connectivity index (χ2v) is 2.99. The van der Waals surface area contributed by atoms with E-state index in [1.807, 2.05) is 0 Å². The number of fused-ring (bicyclic) bond motifs is 1. The molecular formula is C8H4ClNO3. The van der Waals surface area contributed by atoms with Crippen molar-refractivity contribution in [3.8, 4) is 0 Å². The van der Waals surface area contributed by atoms with Crippen molar-refractivity contribution < 1.29 is 14.8 Å². The maximum absolute atomic E-state index is 11.2. The molecule has 0 spiro atoms. The maximum Gasteiger partial charge on any atom is 0.287 e. The Kier molecular flexibility index (Phi) is 1.61. The first kappa shape index (κ1) is 8.22. The Hall–Kier alpha value is -1.39. The van der Waals surface area contributed by atoms with Crippen molar-refractivity contribution in [3.05, 3.63) is 34.3 Å². The van der Waals surface area contributed by atoms with Crippen molar-refractivity contribution >= 4 is 23.4 Å². The molecule has 1 aliphatic heterocycles. The molecule has 0 unspecified atom stereocenters. The number of halogens is 1. The molecule has 0 radical (unpaired) electrons. The van der Waals surface area contributed by atoms with Crippen LogP contribution in [0.1, 0.15) is 20.7 Å². The highest BCUT2D eigenvalue weighted by Gasteiger charge is 2.36. The summed E-state index contributed by atoms with van der Waals surface area (Å²) in [5.74, 6) is -1.51. The predicted molar refractivity (Wildman–Crippen MR) is 43.7 cm³/mol. The normalized spacial score (nSPS) is 15.1. The zero-order valence-electron chi connectivity index (χ0n) is 6.32. The first-order chi connectivity index (χ1) is 6.13. The van der Waals surface area contributed by atoms with Crippen LogP contribution in [0.15, 0.2) is 18.2 Å². The summed E-state index contributed by atoms with van der Waals surface area (Å²) < 4.78 is 0. The lowest BCUT2D eigenvalue weighted by Gasteiger charge is -2.00. The molecular weight excluding hydrogens is 194 g/mol. The molecule has 0 saturated carbocycles. The molecule has 0 aliphatic carbocycles. The van der Waals surface area contributed by atoms with Gasteiger partial charge in [-0.25, -0.2) is 0 Å². The number of hydrogen-bond donors (Lipinski definition) is 1. The molecule has 0 atom stereocenters. The minimum absolute atomic E-state index is 0.0660. The topological polar surface area (TPSA) is 57.6 Å². The largest absolute Gasteiger partial charge is 0.287 e. The van der Waals surface area contributed by atoms with Crippen LogP contribution in [0.5, 0.6) is 0 Å². The van der Waals surface area contributed by atoms with Crippen molar-refractivity contribution in [2.75, 3.05) is 0 Å². The Balaban J connectivity index is 2.74. The number of carbonyl (C=O) groups excluding carboxylic acids is 2. The molecule has 1 N–H and O–H groups in total. The zero-order valence-corrected chi connectivity index (χ0v) is 7.08. The van der Waals surface area contributed by atoms with E-state index < -0.39 is 11.8 Å². The van der Waals surface area contributed by atoms with Crippen molar-refractivity contribution in [1.29, 1.82) is 0 Å². The second-order valence-electron chi connectivity index (χ2n) is 2.58. The van der Waals surface area contributed by atoms with Gasteiger partial charge in [-0.1, -0.05) is 17.7 Å². The van der Waals surface area contributed by atoms with E-state index in [4.69, 9.17) is 16.8 Å². The minimum Gasteiger partial charge on any atom is -0.278 e. The smallest absolute Gasteiger partial charge is 0.278 e. The SMILES string of the molecule is O=C1c2cccc(Cl)c2C(=O)N1O. The Morgan fingerprint density at radius 2 is 1.92 bits per heavy atom. The number of benzene rings is 1. The van der Waals surface area contributed by atoms with Crippen LogP contribution in [0.4, 0.5) is 0 Å². The van der Waals surface area contributed by atoms with Gasteiger partial charge in [0.25, 0.3) is 11.8 Å². The molecule has 4 nitrogen and oxygen atoms in total. The monoisotopic (exact) mass is 197 g/mol. The molecule has 1 aliphatic rings. The van der Waals surface area contributed by atoms with Crippen molar-refractivity contribution in [3.63, 3.8) is 0 Å². The lowest BCUT2D eigenvalue weighted by Crippen LogP contribution is -2.25. The number of amides is 2. The van der Waals surface area contributed by atoms with Gasteiger partial charge >= 0.3 is 0 Å². The van der Waals surface area contributed by atoms with Gasteiger partial charge in [0, 0.05) is 0 Å². The number of hydrogen-bond acceptors (Lipinski definition) is 3. The zero-order chi connectivity index (χ0) is 9.59. The number of rotatable bonds is 0. The molecule has 1 aromatic carbocycles. The van der Waals surface area contributed by atoms with Gasteiger partial charge < -0.3 is 0 Å². The van der Waals surface area contributed by atoms with E-state index in [0.29, 0.717) is 0 Å². The van der Waals surface area contributed by atoms with Gasteiger partial charge in [0.05, 0.1) is 16.1 Å². The van der Waals surface area contributed by atoms with Crippen LogP contribution in [-0.2, 0) is 0 Å². The molecule has 5 heteroatoms. The molecule has 2 rings (SSSR count). The molecule has 0 saturated heterocycles. The molecule has 0 bridgehead atoms. The third-order valence-electron chi connectivity index (χ3n) is 1.84. The van der Waals surface area contributed by atoms with Gasteiger partial charge in [0.2, 0.25) is 0 Å². The van der Waals surface area contributed by atoms with Crippen LogP contribution in [0.3, 0.4) is 0 Å². The third kappa shape index (κ3) is 0.961. The van der Waals surface area contributed by atoms with Gasteiger partial charge in [-0.3, -0.25) is 14.8 Å². The van der Waals surface area contributed by atoms with Gasteiger partial charge in [-0.2, -0.15) is 0 Å². The summed E-state index contributed by atoms with van der Waals surface area (Å²) in [5.41, 5.74) is 0.205. The van der Waals surface area contributed by atoms with Crippen LogP contribution in [-0.4, -0.2) is 22.1 Å². The second kappa shape index (κ2) is 2.55. The highest BCUT2D eigenvalue weighted by molar-refractivity contribution is 6.37. The van der Waals surface area contributed by atoms with Crippen LogP contribution >= 0.6 is 11.6 Å². The summed E-state index contributed by atoms with van der Waals surface area (Å²) >= 11 is 5.68.